The molecule has 1 aliphatic carbocycles. The standard InChI is InChI=1S/C20H24N2O5/c1-3-26-19(24)16-11-17(20(25)27-4-2)22(21-16)12-18(23)15-9-8-13-6-5-7-14(13)10-15/h8-11,18,23H,3-7,12H2,1-2H3. The highest BCUT2D eigenvalue weighted by atomic mass is 16.5. The number of aryl methyl sites for hydroxylation is 2. The van der Waals surface area contributed by atoms with Crippen LogP contribution in [-0.4, -0.2) is 40.0 Å². The number of rotatable bonds is 7. The van der Waals surface area contributed by atoms with E-state index in [0.717, 1.165) is 24.8 Å². The summed E-state index contributed by atoms with van der Waals surface area (Å²) in [5.74, 6) is -1.21. The maximum Gasteiger partial charge on any atom is 0.358 e. The van der Waals surface area contributed by atoms with Crippen LogP contribution in [0.3, 0.4) is 0 Å². The number of aliphatic hydroxyl groups excluding tert-OH is 1. The summed E-state index contributed by atoms with van der Waals surface area (Å²) in [5.41, 5.74) is 3.46. The van der Waals surface area contributed by atoms with Gasteiger partial charge < -0.3 is 14.6 Å². The highest BCUT2D eigenvalue weighted by Crippen LogP contribution is 2.26. The van der Waals surface area contributed by atoms with Crippen LogP contribution in [0.1, 0.15) is 64.0 Å². The van der Waals surface area contributed by atoms with E-state index in [9.17, 15) is 14.7 Å². The minimum atomic E-state index is -0.862. The van der Waals surface area contributed by atoms with Crippen LogP contribution in [0.2, 0.25) is 0 Å². The maximum atomic E-state index is 12.2. The minimum Gasteiger partial charge on any atom is -0.461 e. The summed E-state index contributed by atoms with van der Waals surface area (Å²) in [7, 11) is 0. The van der Waals surface area contributed by atoms with E-state index in [1.807, 2.05) is 18.2 Å². The summed E-state index contributed by atoms with van der Waals surface area (Å²) < 4.78 is 11.3. The molecule has 0 saturated heterocycles. The lowest BCUT2D eigenvalue weighted by molar-refractivity contribution is 0.0498. The highest BCUT2D eigenvalue weighted by Gasteiger charge is 2.23. The Morgan fingerprint density at radius 3 is 2.56 bits per heavy atom. The number of ether oxygens (including phenoxy) is 2. The molecule has 0 spiro atoms. The molecule has 1 heterocycles. The summed E-state index contributed by atoms with van der Waals surface area (Å²) in [6.45, 7) is 3.83. The monoisotopic (exact) mass is 372 g/mol. The topological polar surface area (TPSA) is 90.7 Å². The second-order valence-corrected chi connectivity index (χ2v) is 6.44. The van der Waals surface area contributed by atoms with Crippen molar-refractivity contribution in [2.75, 3.05) is 13.2 Å². The van der Waals surface area contributed by atoms with E-state index in [-0.39, 0.29) is 31.1 Å². The van der Waals surface area contributed by atoms with E-state index < -0.39 is 18.0 Å². The Morgan fingerprint density at radius 2 is 1.81 bits per heavy atom. The van der Waals surface area contributed by atoms with Crippen LogP contribution in [0.4, 0.5) is 0 Å². The number of carbonyl (C=O) groups is 2. The molecule has 144 valence electrons. The SMILES string of the molecule is CCOC(=O)c1cc(C(=O)OCC)n(CC(O)c2ccc3c(c2)CCC3)n1. The van der Waals surface area contributed by atoms with E-state index in [2.05, 4.69) is 5.10 Å². The van der Waals surface area contributed by atoms with E-state index in [1.54, 1.807) is 13.8 Å². The zero-order valence-corrected chi connectivity index (χ0v) is 15.6. The molecule has 0 saturated carbocycles. The Labute approximate surface area is 157 Å². The van der Waals surface area contributed by atoms with Crippen molar-refractivity contribution >= 4 is 11.9 Å². The molecule has 7 nitrogen and oxygen atoms in total. The number of fused-ring (bicyclic) bond motifs is 1. The fraction of sp³-hybridized carbons (Fsp3) is 0.450. The van der Waals surface area contributed by atoms with Crippen LogP contribution in [-0.2, 0) is 28.9 Å². The molecular weight excluding hydrogens is 348 g/mol. The van der Waals surface area contributed by atoms with Gasteiger partial charge >= 0.3 is 11.9 Å². The van der Waals surface area contributed by atoms with Crippen molar-refractivity contribution in [3.63, 3.8) is 0 Å². The number of aromatic nitrogens is 2. The van der Waals surface area contributed by atoms with Gasteiger partial charge in [0, 0.05) is 6.07 Å². The number of benzene rings is 1. The molecule has 0 amide bonds. The number of nitrogens with zero attached hydrogens (tertiary/aromatic N) is 2. The zero-order valence-electron chi connectivity index (χ0n) is 15.6. The van der Waals surface area contributed by atoms with Crippen LogP contribution in [0.5, 0.6) is 0 Å². The van der Waals surface area contributed by atoms with Gasteiger partial charge in [-0.05, 0) is 49.8 Å². The fourth-order valence-electron chi connectivity index (χ4n) is 3.30. The number of carbonyl (C=O) groups excluding carboxylic acids is 2. The first-order chi connectivity index (χ1) is 13.0. The summed E-state index contributed by atoms with van der Waals surface area (Å²) in [6.07, 6.45) is 2.35. The van der Waals surface area contributed by atoms with Gasteiger partial charge in [0.05, 0.1) is 25.9 Å². The Kier molecular flexibility index (Phi) is 5.91. The molecule has 1 N–H and O–H groups in total. The van der Waals surface area contributed by atoms with E-state index >= 15 is 0 Å². The van der Waals surface area contributed by atoms with Gasteiger partial charge in [-0.1, -0.05) is 18.2 Å². The van der Waals surface area contributed by atoms with Gasteiger partial charge in [0.2, 0.25) is 0 Å². The molecule has 7 heteroatoms. The first-order valence-corrected chi connectivity index (χ1v) is 9.25. The van der Waals surface area contributed by atoms with Gasteiger partial charge in [0.15, 0.2) is 5.69 Å². The third-order valence-electron chi connectivity index (χ3n) is 4.60. The van der Waals surface area contributed by atoms with E-state index in [4.69, 9.17) is 9.47 Å². The molecule has 1 unspecified atom stereocenters. The summed E-state index contributed by atoms with van der Waals surface area (Å²) in [5, 5.41) is 14.8. The van der Waals surface area contributed by atoms with Gasteiger partial charge in [-0.3, -0.25) is 4.68 Å². The predicted molar refractivity (Wildman–Crippen MR) is 97.6 cm³/mol. The minimum absolute atomic E-state index is 0.0149. The second kappa shape index (κ2) is 8.35. The van der Waals surface area contributed by atoms with Crippen LogP contribution >= 0.6 is 0 Å². The van der Waals surface area contributed by atoms with Gasteiger partial charge in [-0.15, -0.1) is 0 Å². The van der Waals surface area contributed by atoms with E-state index in [1.165, 1.54) is 21.9 Å². The first-order valence-electron chi connectivity index (χ1n) is 9.25. The number of hydrogen-bond acceptors (Lipinski definition) is 6. The molecule has 3 rings (SSSR count). The number of hydrogen-bond donors (Lipinski definition) is 1. The Morgan fingerprint density at radius 1 is 1.11 bits per heavy atom. The first kappa shape index (κ1) is 19.1. The van der Waals surface area contributed by atoms with Crippen molar-refractivity contribution in [1.29, 1.82) is 0 Å². The summed E-state index contributed by atoms with van der Waals surface area (Å²) in [4.78, 5) is 24.2. The summed E-state index contributed by atoms with van der Waals surface area (Å²) in [6, 6.07) is 7.28. The van der Waals surface area contributed by atoms with Gasteiger partial charge in [0.1, 0.15) is 5.69 Å². The van der Waals surface area contributed by atoms with Crippen molar-refractivity contribution in [2.24, 2.45) is 0 Å². The number of esters is 2. The largest absolute Gasteiger partial charge is 0.461 e. The van der Waals surface area contributed by atoms with Crippen molar-refractivity contribution in [1.82, 2.24) is 9.78 Å². The third kappa shape index (κ3) is 4.19. The normalized spacial score (nSPS) is 13.9. The molecule has 0 aliphatic heterocycles. The van der Waals surface area contributed by atoms with Crippen molar-refractivity contribution in [3.05, 3.63) is 52.3 Å². The molecule has 1 atom stereocenters. The number of aliphatic hydroxyl groups is 1. The van der Waals surface area contributed by atoms with Crippen molar-refractivity contribution in [3.8, 4) is 0 Å². The Balaban J connectivity index is 1.85. The maximum absolute atomic E-state index is 12.2. The lowest BCUT2D eigenvalue weighted by Crippen LogP contribution is -2.17. The molecule has 2 aromatic rings. The molecular formula is C20H24N2O5. The molecule has 1 aliphatic rings. The second-order valence-electron chi connectivity index (χ2n) is 6.44. The molecule has 0 fully saturated rings. The average molecular weight is 372 g/mol. The molecule has 27 heavy (non-hydrogen) atoms. The van der Waals surface area contributed by atoms with Crippen LogP contribution in [0, 0.1) is 0 Å². The van der Waals surface area contributed by atoms with Gasteiger partial charge in [-0.25, -0.2) is 9.59 Å². The smallest absolute Gasteiger partial charge is 0.358 e. The predicted octanol–water partition coefficient (Wildman–Crippen LogP) is 2.46. The zero-order chi connectivity index (χ0) is 19.4. The lowest BCUT2D eigenvalue weighted by atomic mass is 10.0. The fourth-order valence-corrected chi connectivity index (χ4v) is 3.30. The molecule has 1 aromatic heterocycles. The molecule has 0 radical (unpaired) electrons. The summed E-state index contributed by atoms with van der Waals surface area (Å²) >= 11 is 0. The van der Waals surface area contributed by atoms with Gasteiger partial charge in [0.25, 0.3) is 0 Å². The average Bonchev–Trinajstić information content (AvgIpc) is 3.28. The quantitative estimate of drug-likeness (QED) is 0.751. The van der Waals surface area contributed by atoms with Gasteiger partial charge in [-0.2, -0.15) is 5.10 Å². The Bertz CT molecular complexity index is 843. The van der Waals surface area contributed by atoms with Crippen molar-refractivity contribution in [2.45, 2.75) is 45.8 Å². The molecule has 1 aromatic carbocycles. The molecule has 0 bridgehead atoms. The Hall–Kier alpha value is -2.67. The van der Waals surface area contributed by atoms with Crippen molar-refractivity contribution < 1.29 is 24.2 Å². The third-order valence-corrected chi connectivity index (χ3v) is 4.60. The van der Waals surface area contributed by atoms with E-state index in [0.29, 0.717) is 0 Å². The van der Waals surface area contributed by atoms with Crippen LogP contribution in [0.25, 0.3) is 0 Å². The van der Waals surface area contributed by atoms with Crippen LogP contribution < -0.4 is 0 Å². The highest BCUT2D eigenvalue weighted by molar-refractivity contribution is 5.93. The van der Waals surface area contributed by atoms with Crippen LogP contribution in [0.15, 0.2) is 24.3 Å². The lowest BCUT2D eigenvalue weighted by Gasteiger charge is -2.14.